The molecule has 1 heterocycles. The normalized spacial score (nSPS) is 11.8. The van der Waals surface area contributed by atoms with E-state index in [1.54, 1.807) is 0 Å². The van der Waals surface area contributed by atoms with Gasteiger partial charge in [0.15, 0.2) is 5.82 Å². The average molecular weight is 289 g/mol. The van der Waals surface area contributed by atoms with Gasteiger partial charge in [0.1, 0.15) is 0 Å². The van der Waals surface area contributed by atoms with Gasteiger partial charge in [0, 0.05) is 26.4 Å². The van der Waals surface area contributed by atoms with Crippen molar-refractivity contribution >= 4 is 13.3 Å². The summed E-state index contributed by atoms with van der Waals surface area (Å²) in [4.78, 5) is 4.18. The summed E-state index contributed by atoms with van der Waals surface area (Å²) in [5.74, 6) is 1.39. The van der Waals surface area contributed by atoms with Crippen LogP contribution in [0.25, 0.3) is 0 Å². The second kappa shape index (κ2) is 6.32. The van der Waals surface area contributed by atoms with Gasteiger partial charge in [-0.3, -0.25) is 0 Å². The van der Waals surface area contributed by atoms with E-state index in [-0.39, 0.29) is 0 Å². The molecule has 2 rings (SSSR count). The van der Waals surface area contributed by atoms with Crippen LogP contribution in [0, 0.1) is 6.92 Å². The highest BCUT2D eigenvalue weighted by Crippen LogP contribution is 2.04. The van der Waals surface area contributed by atoms with Crippen molar-refractivity contribution in [1.29, 1.82) is 0 Å². The zero-order chi connectivity index (χ0) is 14.6. The van der Waals surface area contributed by atoms with Crippen molar-refractivity contribution in [2.75, 3.05) is 6.54 Å². The number of aromatic nitrogens is 2. The predicted octanol–water partition coefficient (Wildman–Crippen LogP) is 2.26. The summed E-state index contributed by atoms with van der Waals surface area (Å²) in [5, 5.41) is 8.79. The van der Waals surface area contributed by atoms with Gasteiger partial charge in [-0.25, -0.2) is 0 Å². The maximum absolute atomic E-state index is 4.94. The van der Waals surface area contributed by atoms with E-state index in [0.29, 0.717) is 5.89 Å². The molecule has 2 aromatic rings. The van der Waals surface area contributed by atoms with Crippen LogP contribution in [0.3, 0.4) is 0 Å². The van der Waals surface area contributed by atoms with Gasteiger partial charge >= 0.3 is 0 Å². The minimum absolute atomic E-state index is 0.627. The van der Waals surface area contributed by atoms with Crippen molar-refractivity contribution in [1.82, 2.24) is 15.5 Å². The number of hydrogen-bond acceptors (Lipinski definition) is 4. The zero-order valence-corrected chi connectivity index (χ0v) is 13.7. The summed E-state index contributed by atoms with van der Waals surface area (Å²) in [6.45, 7) is 10.6. The molecule has 108 valence electrons. The molecule has 0 atom stereocenters. The van der Waals surface area contributed by atoms with Crippen LogP contribution in [0.5, 0.6) is 0 Å². The number of rotatable bonds is 6. The molecule has 0 amide bonds. The Morgan fingerprint density at radius 1 is 1.15 bits per heavy atom. The van der Waals surface area contributed by atoms with Gasteiger partial charge in [-0.1, -0.05) is 54.2 Å². The molecule has 0 fully saturated rings. The Morgan fingerprint density at radius 3 is 2.40 bits per heavy atom. The molecular weight excluding hydrogens is 266 g/mol. The minimum Gasteiger partial charge on any atom is -0.340 e. The van der Waals surface area contributed by atoms with Gasteiger partial charge in [-0.15, -0.1) is 0 Å². The fourth-order valence-electron chi connectivity index (χ4n) is 2.00. The SMILES string of the molecule is Cc1nc(CCNCc2ccc([Si](C)(C)C)cc2)no1. The molecule has 1 N–H and O–H groups in total. The molecule has 0 radical (unpaired) electrons. The summed E-state index contributed by atoms with van der Waals surface area (Å²) < 4.78 is 4.94. The third-order valence-electron chi connectivity index (χ3n) is 3.24. The van der Waals surface area contributed by atoms with Crippen molar-refractivity contribution in [3.8, 4) is 0 Å². The highest BCUT2D eigenvalue weighted by Gasteiger charge is 2.15. The van der Waals surface area contributed by atoms with E-state index in [1.165, 1.54) is 10.8 Å². The monoisotopic (exact) mass is 289 g/mol. The zero-order valence-electron chi connectivity index (χ0n) is 12.7. The lowest BCUT2D eigenvalue weighted by molar-refractivity contribution is 0.387. The summed E-state index contributed by atoms with van der Waals surface area (Å²) in [6.07, 6.45) is 0.796. The first-order valence-electron chi connectivity index (χ1n) is 7.04. The van der Waals surface area contributed by atoms with E-state index in [0.717, 1.165) is 25.3 Å². The lowest BCUT2D eigenvalue weighted by atomic mass is 10.2. The van der Waals surface area contributed by atoms with Crippen LogP contribution in [-0.2, 0) is 13.0 Å². The number of nitrogens with one attached hydrogen (secondary N) is 1. The van der Waals surface area contributed by atoms with Crippen molar-refractivity contribution in [3.63, 3.8) is 0 Å². The van der Waals surface area contributed by atoms with E-state index in [1.807, 2.05) is 6.92 Å². The van der Waals surface area contributed by atoms with Crippen LogP contribution in [0.4, 0.5) is 0 Å². The molecule has 0 saturated heterocycles. The minimum atomic E-state index is -1.18. The van der Waals surface area contributed by atoms with E-state index in [2.05, 4.69) is 59.4 Å². The molecule has 5 heteroatoms. The van der Waals surface area contributed by atoms with E-state index in [9.17, 15) is 0 Å². The van der Waals surface area contributed by atoms with Crippen LogP contribution in [-0.4, -0.2) is 24.8 Å². The molecule has 0 aliphatic carbocycles. The quantitative estimate of drug-likeness (QED) is 0.654. The molecule has 4 nitrogen and oxygen atoms in total. The Bertz CT molecular complexity index is 543. The topological polar surface area (TPSA) is 51.0 Å². The molecule has 0 bridgehead atoms. The lowest BCUT2D eigenvalue weighted by Crippen LogP contribution is -2.37. The van der Waals surface area contributed by atoms with Crippen LogP contribution in [0.1, 0.15) is 17.3 Å². The van der Waals surface area contributed by atoms with Gasteiger partial charge in [-0.2, -0.15) is 4.98 Å². The summed E-state index contributed by atoms with van der Waals surface area (Å²) in [6, 6.07) is 8.98. The molecule has 20 heavy (non-hydrogen) atoms. The maximum Gasteiger partial charge on any atom is 0.223 e. The van der Waals surface area contributed by atoms with Gasteiger partial charge in [0.2, 0.25) is 5.89 Å². The highest BCUT2D eigenvalue weighted by molar-refractivity contribution is 6.88. The summed E-state index contributed by atoms with van der Waals surface area (Å²) >= 11 is 0. The van der Waals surface area contributed by atoms with Crippen molar-refractivity contribution < 1.29 is 4.52 Å². The van der Waals surface area contributed by atoms with Crippen molar-refractivity contribution in [3.05, 3.63) is 41.5 Å². The molecule has 0 aliphatic heterocycles. The van der Waals surface area contributed by atoms with Crippen LogP contribution in [0.2, 0.25) is 19.6 Å². The van der Waals surface area contributed by atoms with Crippen LogP contribution in [0.15, 0.2) is 28.8 Å². The second-order valence-electron chi connectivity index (χ2n) is 6.10. The fraction of sp³-hybridized carbons (Fsp3) is 0.467. The first-order valence-corrected chi connectivity index (χ1v) is 10.5. The largest absolute Gasteiger partial charge is 0.340 e. The second-order valence-corrected chi connectivity index (χ2v) is 11.2. The first-order chi connectivity index (χ1) is 9.45. The smallest absolute Gasteiger partial charge is 0.223 e. The Hall–Kier alpha value is -1.46. The molecule has 0 aliphatic rings. The van der Waals surface area contributed by atoms with E-state index < -0.39 is 8.07 Å². The third-order valence-corrected chi connectivity index (χ3v) is 5.31. The highest BCUT2D eigenvalue weighted by atomic mass is 28.3. The molecule has 1 aromatic heterocycles. The lowest BCUT2D eigenvalue weighted by Gasteiger charge is -2.16. The van der Waals surface area contributed by atoms with Gasteiger partial charge < -0.3 is 9.84 Å². The third kappa shape index (κ3) is 4.28. The molecule has 1 aromatic carbocycles. The Kier molecular flexibility index (Phi) is 4.72. The summed E-state index contributed by atoms with van der Waals surface area (Å²) in [5.41, 5.74) is 1.32. The molecule has 0 unspecified atom stereocenters. The van der Waals surface area contributed by atoms with Crippen molar-refractivity contribution in [2.24, 2.45) is 0 Å². The van der Waals surface area contributed by atoms with Gasteiger partial charge in [0.05, 0.1) is 8.07 Å². The molecular formula is C15H23N3OSi. The summed E-state index contributed by atoms with van der Waals surface area (Å²) in [7, 11) is -1.18. The average Bonchev–Trinajstić information content (AvgIpc) is 2.80. The number of hydrogen-bond donors (Lipinski definition) is 1. The maximum atomic E-state index is 4.94. The Balaban J connectivity index is 1.77. The van der Waals surface area contributed by atoms with Crippen LogP contribution < -0.4 is 10.5 Å². The fourth-order valence-corrected chi connectivity index (χ4v) is 3.17. The number of aryl methyl sites for hydroxylation is 1. The van der Waals surface area contributed by atoms with E-state index >= 15 is 0 Å². The standard InChI is InChI=1S/C15H23N3OSi/c1-12-17-15(18-19-12)9-10-16-11-13-5-7-14(8-6-13)20(2,3)4/h5-8,16H,9-11H2,1-4H3. The first kappa shape index (κ1) is 14.9. The predicted molar refractivity (Wildman–Crippen MR) is 83.9 cm³/mol. The van der Waals surface area contributed by atoms with Crippen molar-refractivity contribution in [2.45, 2.75) is 39.5 Å². The number of nitrogens with zero attached hydrogens (tertiary/aromatic N) is 2. The Morgan fingerprint density at radius 2 is 1.85 bits per heavy atom. The molecule has 0 spiro atoms. The van der Waals surface area contributed by atoms with E-state index in [4.69, 9.17) is 4.52 Å². The van der Waals surface area contributed by atoms with Gasteiger partial charge in [-0.05, 0) is 5.56 Å². The van der Waals surface area contributed by atoms with Gasteiger partial charge in [0.25, 0.3) is 0 Å². The molecule has 0 saturated carbocycles. The Labute approximate surface area is 121 Å². The van der Waals surface area contributed by atoms with Crippen LogP contribution >= 0.6 is 0 Å². The number of benzene rings is 1.